The van der Waals surface area contributed by atoms with Crippen molar-refractivity contribution in [3.8, 4) is 28.7 Å². The summed E-state index contributed by atoms with van der Waals surface area (Å²) in [5.74, 6) is 2.14. The first kappa shape index (κ1) is 17.6. The summed E-state index contributed by atoms with van der Waals surface area (Å²) in [7, 11) is 1.55. The molecule has 3 aromatic rings. The second-order valence-electron chi connectivity index (χ2n) is 6.38. The van der Waals surface area contributed by atoms with Gasteiger partial charge in [0.05, 0.1) is 18.8 Å². The molecular weight excluding hydrogens is 368 g/mol. The van der Waals surface area contributed by atoms with Crippen molar-refractivity contribution in [3.05, 3.63) is 65.5 Å². The quantitative estimate of drug-likeness (QED) is 0.705. The molecule has 0 bridgehead atoms. The Bertz CT molecular complexity index is 1000. The van der Waals surface area contributed by atoms with Gasteiger partial charge in [-0.3, -0.25) is 0 Å². The van der Waals surface area contributed by atoms with Gasteiger partial charge in [-0.15, -0.1) is 12.4 Å². The number of phenols is 1. The van der Waals surface area contributed by atoms with Gasteiger partial charge in [-0.25, -0.2) is 0 Å². The predicted molar refractivity (Wildman–Crippen MR) is 102 cm³/mol. The number of phenolic OH excluding ortho intramolecular Hbond substituents is 1. The molecule has 0 amide bonds. The monoisotopic (exact) mass is 386 g/mol. The Kier molecular flexibility index (Phi) is 4.37. The van der Waals surface area contributed by atoms with Crippen LogP contribution in [0, 0.1) is 0 Å². The highest BCUT2D eigenvalue weighted by Crippen LogP contribution is 2.40. The number of halogens is 1. The number of hydrogen-bond acceptors (Lipinski definition) is 5. The Morgan fingerprint density at radius 1 is 1.15 bits per heavy atom. The Morgan fingerprint density at radius 2 is 1.96 bits per heavy atom. The zero-order valence-electron chi connectivity index (χ0n) is 14.6. The lowest BCUT2D eigenvalue weighted by molar-refractivity contribution is 0.174. The molecule has 1 unspecified atom stereocenters. The molecule has 1 aromatic heterocycles. The van der Waals surface area contributed by atoms with Gasteiger partial charge in [-0.1, -0.05) is 6.07 Å². The van der Waals surface area contributed by atoms with Gasteiger partial charge in [0, 0.05) is 24.5 Å². The number of methoxy groups -OCH3 is 1. The molecule has 140 valence electrons. The normalized spacial score (nSPS) is 16.7. The highest BCUT2D eigenvalue weighted by atomic mass is 35.5. The standard InChI is InChI=1S/C20H18N2O4.ClH/c1-24-17-5-4-12(7-16(17)23)20-14-3-2-6-22(14)15-9-19-18(25-11-26-19)8-13(15)10-21-20;/h2-9,20-21,23H,10-11H2,1H3;1H. The summed E-state index contributed by atoms with van der Waals surface area (Å²) in [6, 6.07) is 13.6. The van der Waals surface area contributed by atoms with Crippen molar-refractivity contribution < 1.29 is 19.3 Å². The fraction of sp³-hybridized carbons (Fsp3) is 0.200. The van der Waals surface area contributed by atoms with E-state index in [-0.39, 0.29) is 31.0 Å². The number of hydrogen-bond donors (Lipinski definition) is 2. The third kappa shape index (κ3) is 2.78. The highest BCUT2D eigenvalue weighted by Gasteiger charge is 2.26. The lowest BCUT2D eigenvalue weighted by atomic mass is 10.0. The molecule has 2 aliphatic rings. The van der Waals surface area contributed by atoms with Gasteiger partial charge in [0.15, 0.2) is 23.0 Å². The van der Waals surface area contributed by atoms with Gasteiger partial charge in [0.2, 0.25) is 6.79 Å². The Morgan fingerprint density at radius 3 is 2.74 bits per heavy atom. The average Bonchev–Trinajstić information content (AvgIpc) is 3.27. The van der Waals surface area contributed by atoms with E-state index in [1.54, 1.807) is 19.2 Å². The van der Waals surface area contributed by atoms with Crippen LogP contribution in [0.15, 0.2) is 48.7 Å². The van der Waals surface area contributed by atoms with Crippen molar-refractivity contribution in [2.45, 2.75) is 12.6 Å². The number of nitrogens with zero attached hydrogens (tertiary/aromatic N) is 1. The second-order valence-corrected chi connectivity index (χ2v) is 6.38. The first-order valence-electron chi connectivity index (χ1n) is 8.45. The summed E-state index contributed by atoms with van der Waals surface area (Å²) in [4.78, 5) is 0. The molecule has 0 aliphatic carbocycles. The number of aromatic nitrogens is 1. The van der Waals surface area contributed by atoms with Crippen molar-refractivity contribution in [2.75, 3.05) is 13.9 Å². The Balaban J connectivity index is 0.00000180. The van der Waals surface area contributed by atoms with E-state index in [4.69, 9.17) is 14.2 Å². The van der Waals surface area contributed by atoms with Crippen molar-refractivity contribution in [3.63, 3.8) is 0 Å². The molecule has 0 spiro atoms. The van der Waals surface area contributed by atoms with Crippen LogP contribution < -0.4 is 19.5 Å². The molecule has 2 N–H and O–H groups in total. The molecule has 27 heavy (non-hydrogen) atoms. The van der Waals surface area contributed by atoms with Gasteiger partial charge < -0.3 is 29.2 Å². The van der Waals surface area contributed by atoms with Crippen LogP contribution in [0.5, 0.6) is 23.0 Å². The zero-order valence-corrected chi connectivity index (χ0v) is 15.5. The zero-order chi connectivity index (χ0) is 17.7. The summed E-state index contributed by atoms with van der Waals surface area (Å²) in [5, 5.41) is 13.8. The molecule has 2 aliphatic heterocycles. The second kappa shape index (κ2) is 6.72. The van der Waals surface area contributed by atoms with E-state index in [0.29, 0.717) is 12.3 Å². The fourth-order valence-electron chi connectivity index (χ4n) is 3.68. The lowest BCUT2D eigenvalue weighted by Crippen LogP contribution is -2.21. The smallest absolute Gasteiger partial charge is 0.231 e. The van der Waals surface area contributed by atoms with E-state index in [2.05, 4.69) is 16.0 Å². The van der Waals surface area contributed by atoms with Gasteiger partial charge in [-0.2, -0.15) is 0 Å². The molecule has 0 fully saturated rings. The molecule has 6 nitrogen and oxygen atoms in total. The third-order valence-corrected chi connectivity index (χ3v) is 4.94. The maximum Gasteiger partial charge on any atom is 0.231 e. The molecule has 0 saturated carbocycles. The molecule has 0 saturated heterocycles. The number of ether oxygens (including phenoxy) is 3. The van der Waals surface area contributed by atoms with Crippen molar-refractivity contribution in [1.29, 1.82) is 0 Å². The van der Waals surface area contributed by atoms with Gasteiger partial charge in [-0.05, 0) is 41.5 Å². The first-order valence-corrected chi connectivity index (χ1v) is 8.45. The van der Waals surface area contributed by atoms with Crippen LogP contribution in [0.25, 0.3) is 5.69 Å². The molecule has 0 radical (unpaired) electrons. The van der Waals surface area contributed by atoms with Crippen molar-refractivity contribution >= 4 is 12.4 Å². The van der Waals surface area contributed by atoms with E-state index < -0.39 is 0 Å². The van der Waals surface area contributed by atoms with E-state index in [9.17, 15) is 5.11 Å². The third-order valence-electron chi connectivity index (χ3n) is 4.94. The van der Waals surface area contributed by atoms with Gasteiger partial charge in [0.25, 0.3) is 0 Å². The largest absolute Gasteiger partial charge is 0.504 e. The minimum Gasteiger partial charge on any atom is -0.504 e. The molecule has 5 rings (SSSR count). The highest BCUT2D eigenvalue weighted by molar-refractivity contribution is 5.85. The number of rotatable bonds is 2. The Hall–Kier alpha value is -2.83. The number of nitrogens with one attached hydrogen (secondary N) is 1. The van der Waals surface area contributed by atoms with Crippen LogP contribution in [-0.4, -0.2) is 23.6 Å². The molecule has 7 heteroatoms. The number of aromatic hydroxyl groups is 1. The van der Waals surface area contributed by atoms with Crippen LogP contribution in [-0.2, 0) is 6.54 Å². The minimum absolute atomic E-state index is 0. The predicted octanol–water partition coefficient (Wildman–Crippen LogP) is 3.53. The summed E-state index contributed by atoms with van der Waals surface area (Å²) >= 11 is 0. The summed E-state index contributed by atoms with van der Waals surface area (Å²) in [5.41, 5.74) is 4.26. The Labute approximate surface area is 162 Å². The summed E-state index contributed by atoms with van der Waals surface area (Å²) in [6.45, 7) is 0.934. The van der Waals surface area contributed by atoms with E-state index >= 15 is 0 Å². The van der Waals surface area contributed by atoms with E-state index in [1.165, 1.54) is 0 Å². The molecule has 2 aromatic carbocycles. The van der Waals surface area contributed by atoms with E-state index in [0.717, 1.165) is 34.0 Å². The van der Waals surface area contributed by atoms with Crippen molar-refractivity contribution in [2.24, 2.45) is 0 Å². The van der Waals surface area contributed by atoms with Crippen LogP contribution >= 0.6 is 12.4 Å². The maximum absolute atomic E-state index is 10.2. The van der Waals surface area contributed by atoms with Crippen LogP contribution in [0.4, 0.5) is 0 Å². The first-order chi connectivity index (χ1) is 12.7. The van der Waals surface area contributed by atoms with Crippen LogP contribution in [0.3, 0.4) is 0 Å². The lowest BCUT2D eigenvalue weighted by Gasteiger charge is -2.19. The minimum atomic E-state index is -0.0640. The summed E-state index contributed by atoms with van der Waals surface area (Å²) in [6.07, 6.45) is 2.04. The van der Waals surface area contributed by atoms with E-state index in [1.807, 2.05) is 30.5 Å². The number of fused-ring (bicyclic) bond motifs is 4. The fourth-order valence-corrected chi connectivity index (χ4v) is 3.68. The van der Waals surface area contributed by atoms with Crippen LogP contribution in [0.1, 0.15) is 22.9 Å². The molecule has 1 atom stereocenters. The van der Waals surface area contributed by atoms with Gasteiger partial charge in [0.1, 0.15) is 0 Å². The van der Waals surface area contributed by atoms with Crippen molar-refractivity contribution in [1.82, 2.24) is 9.88 Å². The number of benzene rings is 2. The SMILES string of the molecule is COc1ccc(C2NCc3cc4c(cc3-n3cccc32)OCO4)cc1O.Cl. The average molecular weight is 387 g/mol. The molecule has 3 heterocycles. The summed E-state index contributed by atoms with van der Waals surface area (Å²) < 4.78 is 18.4. The molecular formula is C20H19ClN2O4. The van der Waals surface area contributed by atoms with Crippen LogP contribution in [0.2, 0.25) is 0 Å². The topological polar surface area (TPSA) is 64.9 Å². The van der Waals surface area contributed by atoms with Gasteiger partial charge >= 0.3 is 0 Å². The maximum atomic E-state index is 10.2.